The lowest BCUT2D eigenvalue weighted by atomic mass is 10.2. The number of ether oxygens (including phenoxy) is 2. The second kappa shape index (κ2) is 9.32. The highest BCUT2D eigenvalue weighted by Crippen LogP contribution is 2.15. The standard InChI is InChI=1S/C21H20N4O4/c1-28-18-8-6-14(7-9-18)11-22-19(26)16-12-23-21(24-13-16)25-17-5-3-4-15(10-17)20(27)29-2/h3-10,12-13H,11H2,1-2H3,(H,22,26)(H,23,24,25). The quantitative estimate of drug-likeness (QED) is 0.596. The molecule has 0 atom stereocenters. The number of nitrogens with one attached hydrogen (secondary N) is 2. The third kappa shape index (κ3) is 5.29. The molecule has 1 aromatic heterocycles. The fraction of sp³-hybridized carbons (Fsp3) is 0.143. The number of carbonyl (C=O) groups is 2. The van der Waals surface area contributed by atoms with E-state index in [2.05, 4.69) is 20.6 Å². The van der Waals surface area contributed by atoms with Gasteiger partial charge in [-0.25, -0.2) is 14.8 Å². The molecule has 0 aliphatic carbocycles. The van der Waals surface area contributed by atoms with Crippen molar-refractivity contribution in [1.29, 1.82) is 0 Å². The summed E-state index contributed by atoms with van der Waals surface area (Å²) < 4.78 is 9.81. The molecule has 148 valence electrons. The zero-order valence-corrected chi connectivity index (χ0v) is 16.0. The van der Waals surface area contributed by atoms with Crippen LogP contribution in [0.25, 0.3) is 0 Å². The van der Waals surface area contributed by atoms with Gasteiger partial charge in [0, 0.05) is 24.6 Å². The maximum atomic E-state index is 12.3. The Kier molecular flexibility index (Phi) is 6.36. The molecule has 3 aromatic rings. The third-order valence-electron chi connectivity index (χ3n) is 4.07. The second-order valence-corrected chi connectivity index (χ2v) is 6.02. The lowest BCUT2D eigenvalue weighted by Crippen LogP contribution is -2.23. The van der Waals surface area contributed by atoms with Gasteiger partial charge < -0.3 is 20.1 Å². The second-order valence-electron chi connectivity index (χ2n) is 6.02. The lowest BCUT2D eigenvalue weighted by molar-refractivity contribution is 0.0600. The average molecular weight is 392 g/mol. The highest BCUT2D eigenvalue weighted by molar-refractivity contribution is 5.93. The van der Waals surface area contributed by atoms with Gasteiger partial charge in [0.05, 0.1) is 25.3 Å². The number of hydrogen-bond acceptors (Lipinski definition) is 7. The number of nitrogens with zero attached hydrogens (tertiary/aromatic N) is 2. The van der Waals surface area contributed by atoms with Crippen molar-refractivity contribution in [1.82, 2.24) is 15.3 Å². The van der Waals surface area contributed by atoms with Crippen LogP contribution in [-0.4, -0.2) is 36.1 Å². The van der Waals surface area contributed by atoms with E-state index >= 15 is 0 Å². The van der Waals surface area contributed by atoms with E-state index in [1.165, 1.54) is 19.5 Å². The minimum atomic E-state index is -0.432. The van der Waals surface area contributed by atoms with Crippen LogP contribution >= 0.6 is 0 Å². The molecular weight excluding hydrogens is 372 g/mol. The molecule has 0 aliphatic rings. The van der Waals surface area contributed by atoms with Crippen molar-refractivity contribution in [3.05, 3.63) is 77.6 Å². The predicted octanol–water partition coefficient (Wildman–Crippen LogP) is 2.95. The minimum Gasteiger partial charge on any atom is -0.497 e. The number of carbonyl (C=O) groups excluding carboxylic acids is 2. The fourth-order valence-electron chi connectivity index (χ4n) is 2.51. The minimum absolute atomic E-state index is 0.278. The van der Waals surface area contributed by atoms with Crippen LogP contribution < -0.4 is 15.4 Å². The molecule has 0 spiro atoms. The normalized spacial score (nSPS) is 10.1. The van der Waals surface area contributed by atoms with Crippen molar-refractivity contribution < 1.29 is 19.1 Å². The summed E-state index contributed by atoms with van der Waals surface area (Å²) >= 11 is 0. The summed E-state index contributed by atoms with van der Waals surface area (Å²) in [4.78, 5) is 32.2. The van der Waals surface area contributed by atoms with Crippen LogP contribution in [0.5, 0.6) is 5.75 Å². The van der Waals surface area contributed by atoms with Gasteiger partial charge in [-0.2, -0.15) is 0 Å². The number of methoxy groups -OCH3 is 2. The molecular formula is C21H20N4O4. The number of hydrogen-bond donors (Lipinski definition) is 2. The SMILES string of the molecule is COC(=O)c1cccc(Nc2ncc(C(=O)NCc3ccc(OC)cc3)cn2)c1. The summed E-state index contributed by atoms with van der Waals surface area (Å²) in [6, 6.07) is 14.2. The van der Waals surface area contributed by atoms with Gasteiger partial charge >= 0.3 is 5.97 Å². The van der Waals surface area contributed by atoms with E-state index in [4.69, 9.17) is 9.47 Å². The van der Waals surface area contributed by atoms with E-state index in [0.717, 1.165) is 11.3 Å². The summed E-state index contributed by atoms with van der Waals surface area (Å²) in [5.41, 5.74) is 2.33. The van der Waals surface area contributed by atoms with E-state index in [-0.39, 0.29) is 5.91 Å². The summed E-state index contributed by atoms with van der Waals surface area (Å²) in [6.45, 7) is 0.378. The Labute approximate surface area is 167 Å². The first-order chi connectivity index (χ1) is 14.1. The first-order valence-corrected chi connectivity index (χ1v) is 8.77. The fourth-order valence-corrected chi connectivity index (χ4v) is 2.51. The van der Waals surface area contributed by atoms with Crippen molar-refractivity contribution >= 4 is 23.5 Å². The van der Waals surface area contributed by atoms with Crippen LogP contribution in [0.4, 0.5) is 11.6 Å². The van der Waals surface area contributed by atoms with Gasteiger partial charge in [-0.1, -0.05) is 18.2 Å². The molecule has 1 heterocycles. The monoisotopic (exact) mass is 392 g/mol. The molecule has 0 saturated carbocycles. The van der Waals surface area contributed by atoms with Gasteiger partial charge in [-0.3, -0.25) is 4.79 Å². The number of aromatic nitrogens is 2. The van der Waals surface area contributed by atoms with Crippen LogP contribution in [-0.2, 0) is 11.3 Å². The van der Waals surface area contributed by atoms with Crippen LogP contribution in [0.2, 0.25) is 0 Å². The van der Waals surface area contributed by atoms with Crippen molar-refractivity contribution in [2.75, 3.05) is 19.5 Å². The molecule has 1 amide bonds. The highest BCUT2D eigenvalue weighted by atomic mass is 16.5. The zero-order chi connectivity index (χ0) is 20.6. The number of esters is 1. The van der Waals surface area contributed by atoms with Gasteiger partial charge in [-0.05, 0) is 35.9 Å². The maximum absolute atomic E-state index is 12.3. The third-order valence-corrected chi connectivity index (χ3v) is 4.07. The summed E-state index contributed by atoms with van der Waals surface area (Å²) in [5.74, 6) is 0.353. The van der Waals surface area contributed by atoms with Gasteiger partial charge in [0.25, 0.3) is 5.91 Å². The Morgan fingerprint density at radius 2 is 1.69 bits per heavy atom. The van der Waals surface area contributed by atoms with Crippen molar-refractivity contribution in [2.45, 2.75) is 6.54 Å². The summed E-state index contributed by atoms with van der Waals surface area (Å²) in [6.07, 6.45) is 2.87. The summed E-state index contributed by atoms with van der Waals surface area (Å²) in [7, 11) is 2.93. The van der Waals surface area contributed by atoms with Crippen molar-refractivity contribution in [3.63, 3.8) is 0 Å². The highest BCUT2D eigenvalue weighted by Gasteiger charge is 2.09. The molecule has 0 bridgehead atoms. The van der Waals surface area contributed by atoms with E-state index in [0.29, 0.717) is 29.3 Å². The molecule has 2 N–H and O–H groups in total. The van der Waals surface area contributed by atoms with Crippen LogP contribution in [0.15, 0.2) is 60.9 Å². The molecule has 2 aromatic carbocycles. The largest absolute Gasteiger partial charge is 0.497 e. The number of rotatable bonds is 7. The Hall–Kier alpha value is -3.94. The maximum Gasteiger partial charge on any atom is 0.337 e. The Bertz CT molecular complexity index is 988. The Morgan fingerprint density at radius 3 is 2.34 bits per heavy atom. The van der Waals surface area contributed by atoms with Crippen molar-refractivity contribution in [3.8, 4) is 5.75 Å². The smallest absolute Gasteiger partial charge is 0.337 e. The zero-order valence-electron chi connectivity index (χ0n) is 16.0. The van der Waals surface area contributed by atoms with Gasteiger partial charge in [-0.15, -0.1) is 0 Å². The van der Waals surface area contributed by atoms with Gasteiger partial charge in [0.1, 0.15) is 5.75 Å². The molecule has 0 saturated heterocycles. The van der Waals surface area contributed by atoms with Crippen molar-refractivity contribution in [2.24, 2.45) is 0 Å². The molecule has 0 fully saturated rings. The molecule has 0 radical (unpaired) electrons. The predicted molar refractivity (Wildman–Crippen MR) is 107 cm³/mol. The summed E-state index contributed by atoms with van der Waals surface area (Å²) in [5, 5.41) is 5.80. The van der Waals surface area contributed by atoms with Crippen LogP contribution in [0.1, 0.15) is 26.3 Å². The number of benzene rings is 2. The van der Waals surface area contributed by atoms with Gasteiger partial charge in [0.15, 0.2) is 0 Å². The van der Waals surface area contributed by atoms with E-state index in [1.807, 2.05) is 24.3 Å². The first kappa shape index (κ1) is 19.8. The molecule has 29 heavy (non-hydrogen) atoms. The molecule has 0 unspecified atom stereocenters. The molecule has 8 heteroatoms. The average Bonchev–Trinajstić information content (AvgIpc) is 2.78. The number of amides is 1. The van der Waals surface area contributed by atoms with E-state index in [1.54, 1.807) is 31.4 Å². The lowest BCUT2D eigenvalue weighted by Gasteiger charge is -2.08. The number of anilines is 2. The molecule has 8 nitrogen and oxygen atoms in total. The van der Waals surface area contributed by atoms with Crippen LogP contribution in [0, 0.1) is 0 Å². The molecule has 0 aliphatic heterocycles. The van der Waals surface area contributed by atoms with E-state index < -0.39 is 5.97 Å². The topological polar surface area (TPSA) is 102 Å². The van der Waals surface area contributed by atoms with E-state index in [9.17, 15) is 9.59 Å². The molecule has 3 rings (SSSR count). The Morgan fingerprint density at radius 1 is 0.966 bits per heavy atom. The van der Waals surface area contributed by atoms with Crippen LogP contribution in [0.3, 0.4) is 0 Å². The first-order valence-electron chi connectivity index (χ1n) is 8.77. The van der Waals surface area contributed by atoms with Gasteiger partial charge in [0.2, 0.25) is 5.95 Å². The Balaban J connectivity index is 1.59.